The van der Waals surface area contributed by atoms with Gasteiger partial charge in [-0.3, -0.25) is 9.59 Å². The molecule has 0 fully saturated rings. The molecule has 0 atom stereocenters. The summed E-state index contributed by atoms with van der Waals surface area (Å²) in [6.07, 6.45) is 0. The van der Waals surface area contributed by atoms with Crippen molar-refractivity contribution in [1.82, 2.24) is 30.1 Å². The van der Waals surface area contributed by atoms with E-state index in [0.29, 0.717) is 23.0 Å². The molecule has 158 valence electrons. The molecule has 0 aliphatic rings. The van der Waals surface area contributed by atoms with Crippen LogP contribution in [0, 0.1) is 0 Å². The largest absolute Gasteiger partial charge is 0.335 e. The van der Waals surface area contributed by atoms with Crippen molar-refractivity contribution in [2.75, 3.05) is 18.1 Å². The van der Waals surface area contributed by atoms with Crippen molar-refractivity contribution in [2.45, 2.75) is 11.7 Å². The summed E-state index contributed by atoms with van der Waals surface area (Å²) in [5.74, 6) is -0.109. The Morgan fingerprint density at radius 3 is 2.65 bits per heavy atom. The van der Waals surface area contributed by atoms with Crippen molar-refractivity contribution in [3.63, 3.8) is 0 Å². The van der Waals surface area contributed by atoms with E-state index in [1.165, 1.54) is 16.4 Å². The van der Waals surface area contributed by atoms with Gasteiger partial charge in [0.15, 0.2) is 0 Å². The number of fused-ring (bicyclic) bond motifs is 1. The van der Waals surface area contributed by atoms with Crippen LogP contribution in [-0.4, -0.2) is 54.7 Å². The highest BCUT2D eigenvalue weighted by molar-refractivity contribution is 7.99. The average molecular weight is 454 g/mol. The van der Waals surface area contributed by atoms with Gasteiger partial charge in [-0.1, -0.05) is 23.9 Å². The number of benzene rings is 2. The lowest BCUT2D eigenvalue weighted by atomic mass is 10.2. The fourth-order valence-electron chi connectivity index (χ4n) is 2.85. The average Bonchev–Trinajstić information content (AvgIpc) is 3.37. The molecular formula is C20H19N7O2S2. The van der Waals surface area contributed by atoms with Crippen molar-refractivity contribution in [2.24, 2.45) is 7.05 Å². The third kappa shape index (κ3) is 5.06. The fraction of sp³-hybridized carbons (Fsp3) is 0.200. The van der Waals surface area contributed by atoms with E-state index < -0.39 is 0 Å². The number of carbonyl (C=O) groups is 2. The Labute approximate surface area is 186 Å². The number of nitrogens with one attached hydrogen (secondary N) is 1. The maximum Gasteiger partial charge on any atom is 0.253 e. The van der Waals surface area contributed by atoms with Crippen LogP contribution in [0.4, 0.5) is 5.69 Å². The Kier molecular flexibility index (Phi) is 6.23. The van der Waals surface area contributed by atoms with Crippen LogP contribution >= 0.6 is 23.1 Å². The molecular weight excluding hydrogens is 434 g/mol. The van der Waals surface area contributed by atoms with Crippen LogP contribution < -0.4 is 5.32 Å². The molecule has 4 aromatic rings. The minimum atomic E-state index is -0.181. The molecule has 0 radical (unpaired) electrons. The first-order chi connectivity index (χ1) is 15.0. The van der Waals surface area contributed by atoms with Gasteiger partial charge in [0, 0.05) is 25.3 Å². The molecule has 0 saturated heterocycles. The molecule has 2 amide bonds. The zero-order valence-electron chi connectivity index (χ0n) is 16.8. The molecule has 9 nitrogen and oxygen atoms in total. The van der Waals surface area contributed by atoms with Gasteiger partial charge >= 0.3 is 0 Å². The Balaban J connectivity index is 1.32. The monoisotopic (exact) mass is 453 g/mol. The van der Waals surface area contributed by atoms with Crippen LogP contribution in [0.15, 0.2) is 53.7 Å². The van der Waals surface area contributed by atoms with Crippen LogP contribution in [0.1, 0.15) is 15.4 Å². The van der Waals surface area contributed by atoms with E-state index in [2.05, 4.69) is 25.8 Å². The number of aryl methyl sites for hydroxylation is 1. The normalized spacial score (nSPS) is 10.9. The van der Waals surface area contributed by atoms with Crippen LogP contribution in [0.25, 0.3) is 10.2 Å². The van der Waals surface area contributed by atoms with Gasteiger partial charge in [-0.2, -0.15) is 0 Å². The Hall–Kier alpha value is -3.31. The summed E-state index contributed by atoms with van der Waals surface area (Å²) >= 11 is 2.83. The Bertz CT molecular complexity index is 1190. The maximum absolute atomic E-state index is 12.8. The number of tetrazole rings is 1. The number of hydrogen-bond donors (Lipinski definition) is 1. The molecule has 11 heteroatoms. The van der Waals surface area contributed by atoms with Crippen molar-refractivity contribution >= 4 is 50.8 Å². The second kappa shape index (κ2) is 9.23. The number of thioether (sulfide) groups is 1. The SMILES string of the molecule is CN(Cc1nc2ccccc2s1)C(=O)c1ccc(NC(=O)CSc2nnnn2C)cc1. The molecule has 0 spiro atoms. The first kappa shape index (κ1) is 20.9. The van der Waals surface area contributed by atoms with Crippen molar-refractivity contribution in [3.8, 4) is 0 Å². The van der Waals surface area contributed by atoms with Gasteiger partial charge in [0.25, 0.3) is 5.91 Å². The molecule has 2 aromatic heterocycles. The predicted molar refractivity (Wildman–Crippen MR) is 120 cm³/mol. The van der Waals surface area contributed by atoms with E-state index in [1.807, 2.05) is 24.3 Å². The summed E-state index contributed by atoms with van der Waals surface area (Å²) in [5, 5.41) is 15.3. The summed E-state index contributed by atoms with van der Waals surface area (Å²) in [7, 11) is 3.46. The highest BCUT2D eigenvalue weighted by atomic mass is 32.2. The van der Waals surface area contributed by atoms with E-state index in [1.54, 1.807) is 54.6 Å². The first-order valence-electron chi connectivity index (χ1n) is 9.34. The number of nitrogens with zero attached hydrogens (tertiary/aromatic N) is 6. The lowest BCUT2D eigenvalue weighted by molar-refractivity contribution is -0.113. The molecule has 2 aromatic carbocycles. The topological polar surface area (TPSA) is 106 Å². The van der Waals surface area contributed by atoms with Crippen molar-refractivity contribution < 1.29 is 9.59 Å². The van der Waals surface area contributed by atoms with E-state index in [4.69, 9.17) is 0 Å². The summed E-state index contributed by atoms with van der Waals surface area (Å²) in [6.45, 7) is 0.435. The van der Waals surface area contributed by atoms with E-state index in [-0.39, 0.29) is 17.6 Å². The summed E-state index contributed by atoms with van der Waals surface area (Å²) < 4.78 is 2.61. The van der Waals surface area contributed by atoms with E-state index in [0.717, 1.165) is 15.2 Å². The van der Waals surface area contributed by atoms with Crippen LogP contribution in [0.5, 0.6) is 0 Å². The van der Waals surface area contributed by atoms with Gasteiger partial charge in [0.05, 0.1) is 22.5 Å². The number of carbonyl (C=O) groups excluding carboxylic acids is 2. The molecule has 4 rings (SSSR count). The smallest absolute Gasteiger partial charge is 0.253 e. The zero-order valence-corrected chi connectivity index (χ0v) is 18.5. The first-order valence-corrected chi connectivity index (χ1v) is 11.1. The van der Waals surface area contributed by atoms with Gasteiger partial charge < -0.3 is 10.2 Å². The second-order valence-electron chi connectivity index (χ2n) is 6.74. The summed E-state index contributed by atoms with van der Waals surface area (Å²) in [4.78, 5) is 31.1. The number of amides is 2. The van der Waals surface area contributed by atoms with Crippen LogP contribution in [0.3, 0.4) is 0 Å². The Morgan fingerprint density at radius 1 is 1.16 bits per heavy atom. The van der Waals surface area contributed by atoms with E-state index >= 15 is 0 Å². The Morgan fingerprint density at radius 2 is 1.94 bits per heavy atom. The quantitative estimate of drug-likeness (QED) is 0.429. The molecule has 0 bridgehead atoms. The van der Waals surface area contributed by atoms with E-state index in [9.17, 15) is 9.59 Å². The zero-order chi connectivity index (χ0) is 21.8. The molecule has 0 saturated carbocycles. The molecule has 2 heterocycles. The van der Waals surface area contributed by atoms with Gasteiger partial charge in [-0.15, -0.1) is 16.4 Å². The molecule has 1 N–H and O–H groups in total. The highest BCUT2D eigenvalue weighted by Crippen LogP contribution is 2.23. The van der Waals surface area contributed by atoms with Crippen molar-refractivity contribution in [1.29, 1.82) is 0 Å². The van der Waals surface area contributed by atoms with Gasteiger partial charge in [-0.25, -0.2) is 9.67 Å². The molecule has 31 heavy (non-hydrogen) atoms. The number of aromatic nitrogens is 5. The number of hydrogen-bond acceptors (Lipinski definition) is 8. The fourth-order valence-corrected chi connectivity index (χ4v) is 4.52. The van der Waals surface area contributed by atoms with Gasteiger partial charge in [0.1, 0.15) is 5.01 Å². The van der Waals surface area contributed by atoms with Gasteiger partial charge in [-0.05, 0) is 46.8 Å². The predicted octanol–water partition coefficient (Wildman–Crippen LogP) is 2.82. The second-order valence-corrected chi connectivity index (χ2v) is 8.79. The molecule has 0 aliphatic carbocycles. The molecule has 0 aliphatic heterocycles. The molecule has 0 unspecified atom stereocenters. The van der Waals surface area contributed by atoms with Crippen molar-refractivity contribution in [3.05, 3.63) is 59.1 Å². The standard InChI is InChI=1S/C20H19N7O2S2/c1-26(11-18-22-15-5-3-4-6-16(15)31-18)19(29)13-7-9-14(10-8-13)21-17(28)12-30-20-23-24-25-27(20)2/h3-10H,11-12H2,1-2H3,(H,21,28). The lowest BCUT2D eigenvalue weighted by Gasteiger charge is -2.16. The maximum atomic E-state index is 12.8. The highest BCUT2D eigenvalue weighted by Gasteiger charge is 2.15. The number of rotatable bonds is 7. The number of para-hydroxylation sites is 1. The van der Waals surface area contributed by atoms with Crippen LogP contribution in [0.2, 0.25) is 0 Å². The minimum Gasteiger partial charge on any atom is -0.335 e. The number of anilines is 1. The third-order valence-corrected chi connectivity index (χ3v) is 6.42. The van der Waals surface area contributed by atoms with Gasteiger partial charge in [0.2, 0.25) is 11.1 Å². The summed E-state index contributed by atoms with van der Waals surface area (Å²) in [6, 6.07) is 14.7. The number of thiazole rings is 1. The minimum absolute atomic E-state index is 0.109. The summed E-state index contributed by atoms with van der Waals surface area (Å²) in [5.41, 5.74) is 2.10. The lowest BCUT2D eigenvalue weighted by Crippen LogP contribution is -2.26. The van der Waals surface area contributed by atoms with Crippen LogP contribution in [-0.2, 0) is 18.4 Å². The third-order valence-electron chi connectivity index (χ3n) is 4.39.